The average molecular weight is 388 g/mol. The third kappa shape index (κ3) is 5.13. The standard InChI is InChI=1S/C19H21FN4O2S/c1-2-10-25-16-6-8-17(9-7-16)26-11-12-27-19-23-22-18(24(19)21)14-4-3-5-15(20)13-14/h3-9,13H,2,10-12,21H2,1H3. The lowest BCUT2D eigenvalue weighted by molar-refractivity contribution is 0.314. The monoisotopic (exact) mass is 388 g/mol. The molecule has 0 fully saturated rings. The number of hydrogen-bond donors (Lipinski definition) is 1. The zero-order chi connectivity index (χ0) is 19.1. The molecule has 1 heterocycles. The topological polar surface area (TPSA) is 75.2 Å². The second-order valence-electron chi connectivity index (χ2n) is 5.70. The minimum absolute atomic E-state index is 0.343. The minimum atomic E-state index is -0.343. The first-order chi connectivity index (χ1) is 13.2. The van der Waals surface area contributed by atoms with Crippen molar-refractivity contribution in [3.63, 3.8) is 0 Å². The third-order valence-electron chi connectivity index (χ3n) is 3.63. The number of nitrogen functional groups attached to an aromatic ring is 1. The summed E-state index contributed by atoms with van der Waals surface area (Å²) < 4.78 is 26.0. The van der Waals surface area contributed by atoms with Crippen LogP contribution in [0.15, 0.2) is 53.7 Å². The number of hydrogen-bond acceptors (Lipinski definition) is 6. The molecule has 0 amide bonds. The summed E-state index contributed by atoms with van der Waals surface area (Å²) in [4.78, 5) is 0. The summed E-state index contributed by atoms with van der Waals surface area (Å²) >= 11 is 1.42. The van der Waals surface area contributed by atoms with Crippen LogP contribution in [0.1, 0.15) is 13.3 Å². The summed E-state index contributed by atoms with van der Waals surface area (Å²) in [6.45, 7) is 3.26. The molecule has 2 N–H and O–H groups in total. The highest BCUT2D eigenvalue weighted by Crippen LogP contribution is 2.22. The molecule has 3 rings (SSSR count). The quantitative estimate of drug-likeness (QED) is 0.342. The first kappa shape index (κ1) is 19.0. The number of aromatic nitrogens is 3. The van der Waals surface area contributed by atoms with Gasteiger partial charge in [0, 0.05) is 11.3 Å². The number of benzene rings is 2. The Balaban J connectivity index is 1.50. The highest BCUT2D eigenvalue weighted by atomic mass is 32.2. The van der Waals surface area contributed by atoms with Crippen LogP contribution in [0.25, 0.3) is 11.4 Å². The predicted octanol–water partition coefficient (Wildman–Crippen LogP) is 3.76. The molecule has 6 nitrogen and oxygen atoms in total. The van der Waals surface area contributed by atoms with E-state index in [0.717, 1.165) is 17.9 Å². The predicted molar refractivity (Wildman–Crippen MR) is 104 cm³/mol. The lowest BCUT2D eigenvalue weighted by Gasteiger charge is -2.08. The van der Waals surface area contributed by atoms with Crippen LogP contribution in [0.4, 0.5) is 4.39 Å². The maximum absolute atomic E-state index is 13.4. The number of nitrogens with two attached hydrogens (primary N) is 1. The summed E-state index contributed by atoms with van der Waals surface area (Å²) in [7, 11) is 0. The van der Waals surface area contributed by atoms with Crippen molar-refractivity contribution >= 4 is 11.8 Å². The van der Waals surface area contributed by atoms with Crippen LogP contribution < -0.4 is 15.3 Å². The van der Waals surface area contributed by atoms with E-state index in [1.54, 1.807) is 12.1 Å². The summed E-state index contributed by atoms with van der Waals surface area (Å²) in [5.74, 6) is 8.35. The smallest absolute Gasteiger partial charge is 0.210 e. The number of ether oxygens (including phenoxy) is 2. The molecule has 27 heavy (non-hydrogen) atoms. The van der Waals surface area contributed by atoms with Gasteiger partial charge >= 0.3 is 0 Å². The van der Waals surface area contributed by atoms with E-state index >= 15 is 0 Å². The maximum atomic E-state index is 13.4. The number of halogens is 1. The fourth-order valence-corrected chi connectivity index (χ4v) is 3.02. The van der Waals surface area contributed by atoms with E-state index in [9.17, 15) is 4.39 Å². The largest absolute Gasteiger partial charge is 0.494 e. The van der Waals surface area contributed by atoms with Gasteiger partial charge in [0.15, 0.2) is 5.82 Å². The number of rotatable bonds is 9. The molecular formula is C19H21FN4O2S. The molecule has 8 heteroatoms. The van der Waals surface area contributed by atoms with Crippen molar-refractivity contribution in [3.8, 4) is 22.9 Å². The molecular weight excluding hydrogens is 367 g/mol. The van der Waals surface area contributed by atoms with Crippen LogP contribution >= 0.6 is 11.8 Å². The summed E-state index contributed by atoms with van der Waals surface area (Å²) in [6.07, 6.45) is 0.974. The Labute approximate surface area is 161 Å². The minimum Gasteiger partial charge on any atom is -0.494 e. The zero-order valence-electron chi connectivity index (χ0n) is 15.0. The van der Waals surface area contributed by atoms with Gasteiger partial charge in [-0.2, -0.15) is 0 Å². The van der Waals surface area contributed by atoms with E-state index in [1.165, 1.54) is 28.6 Å². The van der Waals surface area contributed by atoms with Gasteiger partial charge in [-0.15, -0.1) is 10.2 Å². The molecule has 3 aromatic rings. The van der Waals surface area contributed by atoms with Crippen molar-refractivity contribution in [1.82, 2.24) is 14.9 Å². The molecule has 0 saturated heterocycles. The number of thioether (sulfide) groups is 1. The van der Waals surface area contributed by atoms with Crippen LogP contribution in [0.3, 0.4) is 0 Å². The fraction of sp³-hybridized carbons (Fsp3) is 0.263. The van der Waals surface area contributed by atoms with Crippen molar-refractivity contribution in [1.29, 1.82) is 0 Å². The van der Waals surface area contributed by atoms with Crippen molar-refractivity contribution < 1.29 is 13.9 Å². The first-order valence-corrected chi connectivity index (χ1v) is 9.61. The van der Waals surface area contributed by atoms with Gasteiger partial charge in [0.1, 0.15) is 17.3 Å². The molecule has 0 aliphatic rings. The molecule has 0 bridgehead atoms. The fourth-order valence-electron chi connectivity index (χ4n) is 2.34. The second kappa shape index (κ2) is 9.27. The van der Waals surface area contributed by atoms with E-state index in [0.29, 0.717) is 35.5 Å². The molecule has 0 aliphatic carbocycles. The van der Waals surface area contributed by atoms with E-state index in [4.69, 9.17) is 15.3 Å². The lowest BCUT2D eigenvalue weighted by Crippen LogP contribution is -2.12. The maximum Gasteiger partial charge on any atom is 0.210 e. The van der Waals surface area contributed by atoms with Gasteiger partial charge in [0.05, 0.1) is 13.2 Å². The highest BCUT2D eigenvalue weighted by Gasteiger charge is 2.12. The molecule has 0 atom stereocenters. The van der Waals surface area contributed by atoms with Crippen LogP contribution in [0.5, 0.6) is 11.5 Å². The first-order valence-electron chi connectivity index (χ1n) is 8.62. The van der Waals surface area contributed by atoms with E-state index < -0.39 is 0 Å². The normalized spacial score (nSPS) is 10.7. The summed E-state index contributed by atoms with van der Waals surface area (Å²) in [6, 6.07) is 13.6. The van der Waals surface area contributed by atoms with Gasteiger partial charge in [0.2, 0.25) is 5.16 Å². The van der Waals surface area contributed by atoms with E-state index in [2.05, 4.69) is 17.1 Å². The van der Waals surface area contributed by atoms with Crippen LogP contribution in [-0.4, -0.2) is 33.8 Å². The molecule has 0 unspecified atom stereocenters. The van der Waals surface area contributed by atoms with Crippen LogP contribution in [-0.2, 0) is 0 Å². The van der Waals surface area contributed by atoms with Gasteiger partial charge in [0.25, 0.3) is 0 Å². The lowest BCUT2D eigenvalue weighted by atomic mass is 10.2. The summed E-state index contributed by atoms with van der Waals surface area (Å²) in [5.41, 5.74) is 0.582. The van der Waals surface area contributed by atoms with Gasteiger partial charge < -0.3 is 15.3 Å². The molecule has 1 aromatic heterocycles. The van der Waals surface area contributed by atoms with Crippen molar-refractivity contribution in [2.24, 2.45) is 0 Å². The Morgan fingerprint density at radius 3 is 2.41 bits per heavy atom. The number of nitrogens with zero attached hydrogens (tertiary/aromatic N) is 3. The SMILES string of the molecule is CCCOc1ccc(OCCSc2nnc(-c3cccc(F)c3)n2N)cc1. The van der Waals surface area contributed by atoms with Gasteiger partial charge in [-0.3, -0.25) is 0 Å². The Morgan fingerprint density at radius 1 is 1.04 bits per heavy atom. The Morgan fingerprint density at radius 2 is 1.74 bits per heavy atom. The molecule has 0 radical (unpaired) electrons. The highest BCUT2D eigenvalue weighted by molar-refractivity contribution is 7.99. The van der Waals surface area contributed by atoms with Crippen molar-refractivity contribution in [3.05, 3.63) is 54.3 Å². The average Bonchev–Trinajstić information content (AvgIpc) is 3.05. The third-order valence-corrected chi connectivity index (χ3v) is 4.53. The van der Waals surface area contributed by atoms with Crippen LogP contribution in [0, 0.1) is 5.82 Å². The molecule has 0 aliphatic heterocycles. The van der Waals surface area contributed by atoms with Gasteiger partial charge in [-0.25, -0.2) is 9.07 Å². The van der Waals surface area contributed by atoms with Crippen molar-refractivity contribution in [2.45, 2.75) is 18.5 Å². The van der Waals surface area contributed by atoms with Gasteiger partial charge in [-0.1, -0.05) is 30.8 Å². The molecule has 0 saturated carbocycles. The molecule has 0 spiro atoms. The second-order valence-corrected chi connectivity index (χ2v) is 6.77. The van der Waals surface area contributed by atoms with E-state index in [-0.39, 0.29) is 5.82 Å². The Kier molecular flexibility index (Phi) is 6.54. The molecule has 142 valence electrons. The van der Waals surface area contributed by atoms with E-state index in [1.807, 2.05) is 24.3 Å². The Bertz CT molecular complexity index is 870. The summed E-state index contributed by atoms with van der Waals surface area (Å²) in [5, 5.41) is 8.65. The van der Waals surface area contributed by atoms with Gasteiger partial charge in [-0.05, 0) is 42.8 Å². The molecule has 2 aromatic carbocycles. The van der Waals surface area contributed by atoms with Crippen LogP contribution in [0.2, 0.25) is 0 Å². The Hall–Kier alpha value is -2.74. The zero-order valence-corrected chi connectivity index (χ0v) is 15.8. The van der Waals surface area contributed by atoms with Crippen molar-refractivity contribution in [2.75, 3.05) is 24.8 Å².